The van der Waals surface area contributed by atoms with E-state index >= 15 is 0 Å². The lowest BCUT2D eigenvalue weighted by molar-refractivity contribution is -0.141. The summed E-state index contributed by atoms with van der Waals surface area (Å²) in [4.78, 5) is 28.5. The lowest BCUT2D eigenvalue weighted by Crippen LogP contribution is -2.50. The smallest absolute Gasteiger partial charge is 0.243 e. The summed E-state index contributed by atoms with van der Waals surface area (Å²) in [6.45, 7) is 4.35. The van der Waals surface area contributed by atoms with Gasteiger partial charge in [0.1, 0.15) is 11.9 Å². The zero-order chi connectivity index (χ0) is 28.4. The van der Waals surface area contributed by atoms with E-state index in [1.54, 1.807) is 11.0 Å². The molecule has 1 atom stereocenters. The van der Waals surface area contributed by atoms with Crippen LogP contribution >= 0.6 is 0 Å². The van der Waals surface area contributed by atoms with E-state index in [0.717, 1.165) is 27.3 Å². The van der Waals surface area contributed by atoms with Crippen molar-refractivity contribution >= 4 is 27.5 Å². The van der Waals surface area contributed by atoms with Gasteiger partial charge in [0.2, 0.25) is 21.8 Å². The maximum atomic E-state index is 14.4. The molecule has 39 heavy (non-hydrogen) atoms. The number of carbonyl (C=O) groups excluding carboxylic acids is 2. The Labute approximate surface area is 230 Å². The number of anilines is 1. The Morgan fingerprint density at radius 2 is 1.62 bits per heavy atom. The van der Waals surface area contributed by atoms with Crippen molar-refractivity contribution in [1.29, 1.82) is 0 Å². The third-order valence-corrected chi connectivity index (χ3v) is 7.51. The number of aryl methyl sites for hydroxylation is 1. The van der Waals surface area contributed by atoms with Crippen LogP contribution in [0.4, 0.5) is 10.1 Å². The molecule has 9 heteroatoms. The van der Waals surface area contributed by atoms with Gasteiger partial charge in [-0.1, -0.05) is 72.3 Å². The van der Waals surface area contributed by atoms with Gasteiger partial charge >= 0.3 is 0 Å². The van der Waals surface area contributed by atoms with Gasteiger partial charge in [-0.15, -0.1) is 0 Å². The summed E-state index contributed by atoms with van der Waals surface area (Å²) in [5, 5.41) is 2.86. The van der Waals surface area contributed by atoms with E-state index in [9.17, 15) is 22.4 Å². The van der Waals surface area contributed by atoms with Crippen molar-refractivity contribution in [2.75, 3.05) is 23.7 Å². The van der Waals surface area contributed by atoms with Crippen LogP contribution < -0.4 is 9.62 Å². The highest BCUT2D eigenvalue weighted by atomic mass is 32.2. The van der Waals surface area contributed by atoms with E-state index in [1.165, 1.54) is 18.2 Å². The van der Waals surface area contributed by atoms with Crippen LogP contribution in [-0.2, 0) is 32.6 Å². The number of hydrogen-bond donors (Lipinski definition) is 1. The molecule has 2 amide bonds. The summed E-state index contributed by atoms with van der Waals surface area (Å²) < 4.78 is 40.3. The second kappa shape index (κ2) is 13.9. The number of benzene rings is 3. The minimum atomic E-state index is -3.79. The first-order chi connectivity index (χ1) is 18.6. The minimum Gasteiger partial charge on any atom is -0.355 e. The first kappa shape index (κ1) is 29.8. The zero-order valence-electron chi connectivity index (χ0n) is 22.6. The predicted octanol–water partition coefficient (Wildman–Crippen LogP) is 4.46. The summed E-state index contributed by atoms with van der Waals surface area (Å²) in [7, 11) is -3.79. The average Bonchev–Trinajstić information content (AvgIpc) is 2.89. The SMILES string of the molecule is CCNC(=O)[C@H](Cc1ccccc1)N(Cc1cccc(C)c1)C(=O)CCCN(c1ccccc1F)S(C)(=O)=O. The first-order valence-electron chi connectivity index (χ1n) is 13.0. The van der Waals surface area contributed by atoms with Crippen molar-refractivity contribution in [2.45, 2.75) is 45.7 Å². The number of hydrogen-bond acceptors (Lipinski definition) is 4. The van der Waals surface area contributed by atoms with Crippen molar-refractivity contribution in [3.8, 4) is 0 Å². The van der Waals surface area contributed by atoms with Gasteiger partial charge in [0, 0.05) is 32.5 Å². The summed E-state index contributed by atoms with van der Waals surface area (Å²) in [6, 6.07) is 22.1. The molecule has 3 aromatic carbocycles. The molecule has 3 aromatic rings. The lowest BCUT2D eigenvalue weighted by Gasteiger charge is -2.32. The minimum absolute atomic E-state index is 0.0169. The molecule has 3 rings (SSSR count). The van der Waals surface area contributed by atoms with Gasteiger partial charge in [0.15, 0.2) is 0 Å². The van der Waals surface area contributed by atoms with Crippen LogP contribution in [0.5, 0.6) is 0 Å². The zero-order valence-corrected chi connectivity index (χ0v) is 23.5. The van der Waals surface area contributed by atoms with Crippen molar-refractivity contribution < 1.29 is 22.4 Å². The van der Waals surface area contributed by atoms with Crippen LogP contribution in [0.2, 0.25) is 0 Å². The number of sulfonamides is 1. The summed E-state index contributed by atoms with van der Waals surface area (Å²) in [6.07, 6.45) is 1.47. The van der Waals surface area contributed by atoms with Gasteiger partial charge in [-0.3, -0.25) is 13.9 Å². The van der Waals surface area contributed by atoms with Crippen LogP contribution in [0.15, 0.2) is 78.9 Å². The Hall–Kier alpha value is -3.72. The lowest BCUT2D eigenvalue weighted by atomic mass is 10.0. The van der Waals surface area contributed by atoms with E-state index in [4.69, 9.17) is 0 Å². The molecule has 0 aliphatic carbocycles. The number of rotatable bonds is 13. The van der Waals surface area contributed by atoms with E-state index in [-0.39, 0.29) is 43.4 Å². The number of nitrogens with one attached hydrogen (secondary N) is 1. The van der Waals surface area contributed by atoms with Gasteiger partial charge in [-0.2, -0.15) is 0 Å². The van der Waals surface area contributed by atoms with Crippen molar-refractivity contribution in [3.05, 3.63) is 101 Å². The van der Waals surface area contributed by atoms with Crippen molar-refractivity contribution in [3.63, 3.8) is 0 Å². The summed E-state index contributed by atoms with van der Waals surface area (Å²) in [5.41, 5.74) is 2.77. The fourth-order valence-corrected chi connectivity index (χ4v) is 5.46. The molecule has 0 saturated carbocycles. The molecule has 1 N–H and O–H groups in total. The molecule has 0 saturated heterocycles. The molecule has 0 radical (unpaired) electrons. The van der Waals surface area contributed by atoms with Gasteiger partial charge in [0.25, 0.3) is 0 Å². The monoisotopic (exact) mass is 553 g/mol. The highest BCUT2D eigenvalue weighted by Crippen LogP contribution is 2.23. The maximum Gasteiger partial charge on any atom is 0.243 e. The van der Waals surface area contributed by atoms with Crippen LogP contribution in [-0.4, -0.2) is 50.5 Å². The predicted molar refractivity (Wildman–Crippen MR) is 152 cm³/mol. The number of nitrogens with zero attached hydrogens (tertiary/aromatic N) is 2. The van der Waals surface area contributed by atoms with E-state index in [2.05, 4.69) is 5.32 Å². The van der Waals surface area contributed by atoms with Gasteiger partial charge < -0.3 is 10.2 Å². The standard InChI is InChI=1S/C30H36FN3O4S/c1-4-32-30(36)28(21-24-13-6-5-7-14-24)33(22-25-15-10-12-23(2)20-25)29(35)18-11-19-34(39(3,37)38)27-17-9-8-16-26(27)31/h5-10,12-17,20,28H,4,11,18-19,21-22H2,1-3H3,(H,32,36)/t28-/m0/s1. The normalized spacial score (nSPS) is 12.0. The summed E-state index contributed by atoms with van der Waals surface area (Å²) >= 11 is 0. The highest BCUT2D eigenvalue weighted by molar-refractivity contribution is 7.92. The molecule has 0 aliphatic heterocycles. The van der Waals surface area contributed by atoms with Crippen molar-refractivity contribution in [1.82, 2.24) is 10.2 Å². The highest BCUT2D eigenvalue weighted by Gasteiger charge is 2.30. The number of para-hydroxylation sites is 1. The second-order valence-corrected chi connectivity index (χ2v) is 11.4. The Balaban J connectivity index is 1.87. The second-order valence-electron chi connectivity index (χ2n) is 9.50. The topological polar surface area (TPSA) is 86.8 Å². The van der Waals surface area contributed by atoms with Gasteiger partial charge in [0.05, 0.1) is 11.9 Å². The Morgan fingerprint density at radius 1 is 0.949 bits per heavy atom. The molecule has 208 valence electrons. The van der Waals surface area contributed by atoms with Gasteiger partial charge in [-0.25, -0.2) is 12.8 Å². The third kappa shape index (κ3) is 8.64. The number of halogens is 1. The maximum absolute atomic E-state index is 14.4. The molecule has 0 aromatic heterocycles. The van der Waals surface area contributed by atoms with Crippen LogP contribution in [0.3, 0.4) is 0 Å². The molecular weight excluding hydrogens is 517 g/mol. The number of amides is 2. The molecule has 0 fully saturated rings. The third-order valence-electron chi connectivity index (χ3n) is 6.33. The van der Waals surface area contributed by atoms with E-state index < -0.39 is 21.9 Å². The molecule has 0 aliphatic rings. The van der Waals surface area contributed by atoms with E-state index in [1.807, 2.05) is 68.4 Å². The molecular formula is C30H36FN3O4S. The number of carbonyl (C=O) groups is 2. The average molecular weight is 554 g/mol. The molecule has 0 spiro atoms. The van der Waals surface area contributed by atoms with Gasteiger partial charge in [-0.05, 0) is 43.5 Å². The molecule has 0 heterocycles. The quantitative estimate of drug-likeness (QED) is 0.339. The van der Waals surface area contributed by atoms with Crippen LogP contribution in [0, 0.1) is 12.7 Å². The van der Waals surface area contributed by atoms with Crippen LogP contribution in [0.25, 0.3) is 0 Å². The Kier molecular flexibility index (Phi) is 10.6. The fraction of sp³-hybridized carbons (Fsp3) is 0.333. The molecule has 0 bridgehead atoms. The van der Waals surface area contributed by atoms with Crippen molar-refractivity contribution in [2.24, 2.45) is 0 Å². The molecule has 0 unspecified atom stereocenters. The number of likely N-dealkylation sites (N-methyl/N-ethyl adjacent to an activating group) is 1. The summed E-state index contributed by atoms with van der Waals surface area (Å²) in [5.74, 6) is -1.20. The Morgan fingerprint density at radius 3 is 2.26 bits per heavy atom. The Bertz CT molecular complexity index is 1370. The molecule has 7 nitrogen and oxygen atoms in total. The van der Waals surface area contributed by atoms with Crippen LogP contribution in [0.1, 0.15) is 36.5 Å². The first-order valence-corrected chi connectivity index (χ1v) is 14.8. The van der Waals surface area contributed by atoms with E-state index in [0.29, 0.717) is 13.0 Å². The fourth-order valence-electron chi connectivity index (χ4n) is 4.49. The largest absolute Gasteiger partial charge is 0.355 e.